The van der Waals surface area contributed by atoms with E-state index in [0.29, 0.717) is 17.8 Å². The smallest absolute Gasteiger partial charge is 0.150 e. The highest BCUT2D eigenvalue weighted by molar-refractivity contribution is 5.71. The maximum atomic E-state index is 13.8. The number of unbranched alkanes of at least 4 members (excludes halogenated alkanes) is 2. The molecule has 17 heavy (non-hydrogen) atoms. The highest BCUT2D eigenvalue weighted by Gasteiger charge is 2.18. The van der Waals surface area contributed by atoms with Crippen LogP contribution in [0.2, 0.25) is 0 Å². The molecule has 0 radical (unpaired) electrons. The Bertz CT molecular complexity index is 426. The zero-order valence-electron chi connectivity index (χ0n) is 10.0. The molecule has 0 unspecified atom stereocenters. The van der Waals surface area contributed by atoms with Crippen LogP contribution in [0.5, 0.6) is 0 Å². The van der Waals surface area contributed by atoms with Crippen LogP contribution in [0.15, 0.2) is 18.2 Å². The lowest BCUT2D eigenvalue weighted by Crippen LogP contribution is -2.28. The van der Waals surface area contributed by atoms with Crippen molar-refractivity contribution >= 4 is 11.8 Å². The Morgan fingerprint density at radius 2 is 2.06 bits per heavy atom. The van der Waals surface area contributed by atoms with Crippen molar-refractivity contribution in [2.45, 2.75) is 26.2 Å². The molecular formula is C14H17F2N. The second-order valence-corrected chi connectivity index (χ2v) is 4.38. The molecule has 1 aromatic carbocycles. The minimum atomic E-state index is -0.513. The first-order valence-electron chi connectivity index (χ1n) is 6.13. The van der Waals surface area contributed by atoms with Crippen LogP contribution in [0.4, 0.5) is 14.5 Å². The van der Waals surface area contributed by atoms with Gasteiger partial charge >= 0.3 is 0 Å². The van der Waals surface area contributed by atoms with E-state index < -0.39 is 11.6 Å². The van der Waals surface area contributed by atoms with Gasteiger partial charge in [-0.2, -0.15) is 0 Å². The average Bonchev–Trinajstić information content (AvgIpc) is 2.28. The van der Waals surface area contributed by atoms with Gasteiger partial charge in [0.2, 0.25) is 0 Å². The van der Waals surface area contributed by atoms with Gasteiger partial charge in [0.05, 0.1) is 5.69 Å². The molecule has 1 heterocycles. The first kappa shape index (κ1) is 12.1. The number of fused-ring (bicyclic) bond motifs is 1. The molecule has 0 spiro atoms. The van der Waals surface area contributed by atoms with E-state index >= 15 is 0 Å². The van der Waals surface area contributed by atoms with Gasteiger partial charge in [0, 0.05) is 24.7 Å². The topological polar surface area (TPSA) is 3.24 Å². The summed E-state index contributed by atoms with van der Waals surface area (Å²) in [6.07, 6.45) is 7.06. The van der Waals surface area contributed by atoms with Crippen molar-refractivity contribution in [1.29, 1.82) is 0 Å². The maximum absolute atomic E-state index is 13.8. The third kappa shape index (κ3) is 2.65. The minimum absolute atomic E-state index is 0.458. The number of halogens is 2. The van der Waals surface area contributed by atoms with E-state index in [1.165, 1.54) is 6.07 Å². The van der Waals surface area contributed by atoms with E-state index in [2.05, 4.69) is 6.92 Å². The van der Waals surface area contributed by atoms with E-state index in [1.807, 2.05) is 11.0 Å². The number of hydrogen-bond donors (Lipinski definition) is 0. The standard InChI is InChI=1S/C14H17F2N/c1-2-3-4-7-17-8-5-6-11-9-12(15)10-13(16)14(11)17/h5-6,9-10H,2-4,7-8H2,1H3. The number of benzene rings is 1. The molecule has 0 fully saturated rings. The summed E-state index contributed by atoms with van der Waals surface area (Å²) in [6.45, 7) is 3.67. The van der Waals surface area contributed by atoms with Gasteiger partial charge < -0.3 is 4.90 Å². The molecule has 3 heteroatoms. The van der Waals surface area contributed by atoms with Crippen LogP contribution in [-0.2, 0) is 0 Å². The van der Waals surface area contributed by atoms with Crippen molar-refractivity contribution in [1.82, 2.24) is 0 Å². The lowest BCUT2D eigenvalue weighted by molar-refractivity contribution is 0.576. The number of nitrogens with zero attached hydrogens (tertiary/aromatic N) is 1. The van der Waals surface area contributed by atoms with Gasteiger partial charge in [0.1, 0.15) is 11.6 Å². The predicted molar refractivity (Wildman–Crippen MR) is 67.1 cm³/mol. The highest BCUT2D eigenvalue weighted by atomic mass is 19.1. The molecule has 92 valence electrons. The fraction of sp³-hybridized carbons (Fsp3) is 0.429. The molecule has 1 nitrogen and oxygen atoms in total. The first-order valence-corrected chi connectivity index (χ1v) is 6.13. The Kier molecular flexibility index (Phi) is 3.77. The quantitative estimate of drug-likeness (QED) is 0.716. The molecule has 0 aliphatic carbocycles. The van der Waals surface area contributed by atoms with Crippen LogP contribution >= 0.6 is 0 Å². The molecule has 0 saturated heterocycles. The molecule has 0 aromatic heterocycles. The molecule has 0 N–H and O–H groups in total. The Labute approximate surface area is 101 Å². The number of hydrogen-bond acceptors (Lipinski definition) is 1. The first-order chi connectivity index (χ1) is 8.22. The monoisotopic (exact) mass is 237 g/mol. The van der Waals surface area contributed by atoms with Gasteiger partial charge in [-0.1, -0.05) is 31.9 Å². The lowest BCUT2D eigenvalue weighted by Gasteiger charge is -2.28. The summed E-state index contributed by atoms with van der Waals surface area (Å²) in [4.78, 5) is 1.99. The van der Waals surface area contributed by atoms with E-state index in [9.17, 15) is 8.78 Å². The zero-order valence-corrected chi connectivity index (χ0v) is 10.0. The van der Waals surface area contributed by atoms with Crippen LogP contribution in [-0.4, -0.2) is 13.1 Å². The summed E-state index contributed by atoms with van der Waals surface area (Å²) in [5.41, 5.74) is 1.19. The fourth-order valence-corrected chi connectivity index (χ4v) is 2.20. The SMILES string of the molecule is CCCCCN1CC=Cc2cc(F)cc(F)c21. The van der Waals surface area contributed by atoms with Crippen LogP contribution in [0.1, 0.15) is 31.7 Å². The van der Waals surface area contributed by atoms with Crippen molar-refractivity contribution in [2.75, 3.05) is 18.0 Å². The van der Waals surface area contributed by atoms with E-state index in [-0.39, 0.29) is 0 Å². The largest absolute Gasteiger partial charge is 0.365 e. The summed E-state index contributed by atoms with van der Waals surface area (Å²) in [7, 11) is 0. The van der Waals surface area contributed by atoms with Crippen molar-refractivity contribution < 1.29 is 8.78 Å². The van der Waals surface area contributed by atoms with Gasteiger partial charge in [-0.05, 0) is 12.5 Å². The Balaban J connectivity index is 2.22. The van der Waals surface area contributed by atoms with Crippen molar-refractivity contribution in [2.24, 2.45) is 0 Å². The third-order valence-corrected chi connectivity index (χ3v) is 3.03. The van der Waals surface area contributed by atoms with Crippen molar-refractivity contribution in [3.05, 3.63) is 35.4 Å². The molecule has 0 atom stereocenters. The third-order valence-electron chi connectivity index (χ3n) is 3.03. The summed E-state index contributed by atoms with van der Waals surface area (Å²) >= 11 is 0. The van der Waals surface area contributed by atoms with Gasteiger partial charge in [0.25, 0.3) is 0 Å². The molecule has 2 rings (SSSR count). The number of anilines is 1. The molecule has 0 amide bonds. The molecule has 0 saturated carbocycles. The molecule has 1 aromatic rings. The minimum Gasteiger partial charge on any atom is -0.365 e. The van der Waals surface area contributed by atoms with Crippen LogP contribution < -0.4 is 4.90 Å². The van der Waals surface area contributed by atoms with Crippen LogP contribution in [0.25, 0.3) is 6.08 Å². The normalized spacial score (nSPS) is 13.9. The summed E-state index contributed by atoms with van der Waals surface area (Å²) in [5.74, 6) is -0.970. The second kappa shape index (κ2) is 5.30. The molecule has 0 bridgehead atoms. The Hall–Kier alpha value is -1.38. The van der Waals surface area contributed by atoms with E-state index in [4.69, 9.17) is 0 Å². The number of rotatable bonds is 4. The average molecular weight is 237 g/mol. The predicted octanol–water partition coefficient (Wildman–Crippen LogP) is 3.99. The van der Waals surface area contributed by atoms with Gasteiger partial charge in [-0.25, -0.2) is 8.78 Å². The molecular weight excluding hydrogens is 220 g/mol. The molecule has 1 aliphatic heterocycles. The van der Waals surface area contributed by atoms with Gasteiger partial charge in [-0.15, -0.1) is 0 Å². The van der Waals surface area contributed by atoms with Crippen molar-refractivity contribution in [3.63, 3.8) is 0 Å². The summed E-state index contributed by atoms with van der Waals surface area (Å²) in [5, 5.41) is 0. The Morgan fingerprint density at radius 3 is 2.82 bits per heavy atom. The lowest BCUT2D eigenvalue weighted by atomic mass is 10.1. The van der Waals surface area contributed by atoms with Crippen molar-refractivity contribution in [3.8, 4) is 0 Å². The maximum Gasteiger partial charge on any atom is 0.150 e. The fourth-order valence-electron chi connectivity index (χ4n) is 2.20. The van der Waals surface area contributed by atoms with E-state index in [0.717, 1.165) is 31.9 Å². The summed E-state index contributed by atoms with van der Waals surface area (Å²) < 4.78 is 26.9. The Morgan fingerprint density at radius 1 is 1.24 bits per heavy atom. The second-order valence-electron chi connectivity index (χ2n) is 4.38. The molecule has 1 aliphatic rings. The summed E-state index contributed by atoms with van der Waals surface area (Å²) in [6, 6.07) is 2.35. The van der Waals surface area contributed by atoms with Gasteiger partial charge in [0.15, 0.2) is 0 Å². The van der Waals surface area contributed by atoms with E-state index in [1.54, 1.807) is 6.08 Å². The highest BCUT2D eigenvalue weighted by Crippen LogP contribution is 2.30. The van der Waals surface area contributed by atoms with Gasteiger partial charge in [-0.3, -0.25) is 0 Å². The van der Waals surface area contributed by atoms with Crippen LogP contribution in [0.3, 0.4) is 0 Å². The van der Waals surface area contributed by atoms with Crippen LogP contribution in [0, 0.1) is 11.6 Å². The zero-order chi connectivity index (χ0) is 12.3.